The van der Waals surface area contributed by atoms with E-state index in [-0.39, 0.29) is 23.5 Å². The van der Waals surface area contributed by atoms with E-state index in [0.717, 1.165) is 5.56 Å². The highest BCUT2D eigenvalue weighted by atomic mass is 35.5. The maximum absolute atomic E-state index is 12.5. The number of para-hydroxylation sites is 3. The van der Waals surface area contributed by atoms with Crippen molar-refractivity contribution in [1.29, 1.82) is 0 Å². The Hall–Kier alpha value is -3.58. The molecule has 8 heteroatoms. The minimum Gasteiger partial charge on any atom is -0.488 e. The fourth-order valence-electron chi connectivity index (χ4n) is 2.48. The molecule has 0 bridgehead atoms. The standard InChI is InChI=1S/C20H16ClN3O4/c21-16-9-3-1-7-14(16)13-28-19-12-6-2-8-15(19)20(25)23-22-17-10-4-5-11-18(17)24(26)27/h1-12,22H,13H2,(H,23,25). The topological polar surface area (TPSA) is 93.5 Å². The first-order chi connectivity index (χ1) is 13.6. The van der Waals surface area contributed by atoms with Gasteiger partial charge in [0, 0.05) is 16.7 Å². The monoisotopic (exact) mass is 397 g/mol. The van der Waals surface area contributed by atoms with Crippen LogP contribution in [0.25, 0.3) is 0 Å². The molecule has 28 heavy (non-hydrogen) atoms. The first-order valence-electron chi connectivity index (χ1n) is 8.31. The van der Waals surface area contributed by atoms with Gasteiger partial charge in [-0.15, -0.1) is 0 Å². The number of nitro benzene ring substituents is 1. The van der Waals surface area contributed by atoms with Gasteiger partial charge in [-0.3, -0.25) is 25.8 Å². The summed E-state index contributed by atoms with van der Waals surface area (Å²) in [6.07, 6.45) is 0. The zero-order valence-electron chi connectivity index (χ0n) is 14.6. The number of rotatable bonds is 7. The first-order valence-corrected chi connectivity index (χ1v) is 8.69. The number of ether oxygens (including phenoxy) is 1. The van der Waals surface area contributed by atoms with Crippen LogP contribution < -0.4 is 15.6 Å². The van der Waals surface area contributed by atoms with Crippen molar-refractivity contribution in [3.8, 4) is 5.75 Å². The lowest BCUT2D eigenvalue weighted by Gasteiger charge is -2.13. The molecule has 0 saturated heterocycles. The highest BCUT2D eigenvalue weighted by molar-refractivity contribution is 6.31. The SMILES string of the molecule is O=C(NNc1ccccc1[N+](=O)[O-])c1ccccc1OCc1ccccc1Cl. The minimum atomic E-state index is -0.533. The summed E-state index contributed by atoms with van der Waals surface area (Å²) < 4.78 is 5.76. The van der Waals surface area contributed by atoms with E-state index in [1.807, 2.05) is 18.2 Å². The Balaban J connectivity index is 1.71. The molecule has 0 atom stereocenters. The summed E-state index contributed by atoms with van der Waals surface area (Å²) in [7, 11) is 0. The van der Waals surface area contributed by atoms with Gasteiger partial charge in [-0.05, 0) is 24.3 Å². The third kappa shape index (κ3) is 4.57. The van der Waals surface area contributed by atoms with Gasteiger partial charge in [-0.2, -0.15) is 0 Å². The molecule has 0 aliphatic rings. The van der Waals surface area contributed by atoms with Crippen molar-refractivity contribution in [3.05, 3.63) is 99.1 Å². The van der Waals surface area contributed by atoms with E-state index in [1.54, 1.807) is 42.5 Å². The molecule has 3 rings (SSSR count). The van der Waals surface area contributed by atoms with E-state index in [9.17, 15) is 14.9 Å². The number of benzene rings is 3. The molecule has 0 fully saturated rings. The van der Waals surface area contributed by atoms with Gasteiger partial charge >= 0.3 is 0 Å². The van der Waals surface area contributed by atoms with Crippen molar-refractivity contribution in [1.82, 2.24) is 5.43 Å². The number of carbonyl (C=O) groups excluding carboxylic acids is 1. The molecule has 0 aliphatic carbocycles. The summed E-state index contributed by atoms with van der Waals surface area (Å²) >= 11 is 6.13. The Labute approximate surface area is 166 Å². The minimum absolute atomic E-state index is 0.147. The van der Waals surface area contributed by atoms with Gasteiger partial charge in [0.25, 0.3) is 11.6 Å². The Morgan fingerprint density at radius 1 is 1.00 bits per heavy atom. The fraction of sp³-hybridized carbons (Fsp3) is 0.0500. The highest BCUT2D eigenvalue weighted by Crippen LogP contribution is 2.24. The number of nitro groups is 1. The summed E-state index contributed by atoms with van der Waals surface area (Å²) in [6.45, 7) is 0.196. The Bertz CT molecular complexity index is 1010. The van der Waals surface area contributed by atoms with Crippen LogP contribution >= 0.6 is 11.6 Å². The van der Waals surface area contributed by atoms with Crippen LogP contribution in [0, 0.1) is 10.1 Å². The summed E-state index contributed by atoms with van der Waals surface area (Å²) in [4.78, 5) is 23.1. The number of hydrogen-bond donors (Lipinski definition) is 2. The second-order valence-corrected chi connectivity index (χ2v) is 6.14. The number of hydrazine groups is 1. The number of carbonyl (C=O) groups is 1. The molecule has 0 heterocycles. The molecule has 142 valence electrons. The summed E-state index contributed by atoms with van der Waals surface area (Å²) in [5.41, 5.74) is 6.14. The first kappa shape index (κ1) is 19.2. The molecule has 0 spiro atoms. The predicted molar refractivity (Wildman–Crippen MR) is 106 cm³/mol. The molecule has 0 unspecified atom stereocenters. The second-order valence-electron chi connectivity index (χ2n) is 5.73. The lowest BCUT2D eigenvalue weighted by atomic mass is 10.2. The molecule has 3 aromatic rings. The Morgan fingerprint density at radius 2 is 1.68 bits per heavy atom. The Morgan fingerprint density at radius 3 is 2.46 bits per heavy atom. The number of nitrogens with one attached hydrogen (secondary N) is 2. The number of nitrogens with zero attached hydrogens (tertiary/aromatic N) is 1. The third-order valence-corrected chi connectivity index (χ3v) is 4.25. The molecular weight excluding hydrogens is 382 g/mol. The smallest absolute Gasteiger partial charge is 0.294 e. The van der Waals surface area contributed by atoms with Crippen molar-refractivity contribution in [2.24, 2.45) is 0 Å². The van der Waals surface area contributed by atoms with Crippen LogP contribution in [0.1, 0.15) is 15.9 Å². The van der Waals surface area contributed by atoms with Crippen LogP contribution in [-0.4, -0.2) is 10.8 Å². The van der Waals surface area contributed by atoms with Crippen LogP contribution in [0.3, 0.4) is 0 Å². The number of hydrogen-bond acceptors (Lipinski definition) is 5. The number of anilines is 1. The Kier molecular flexibility index (Phi) is 6.08. The van der Waals surface area contributed by atoms with Gasteiger partial charge in [0.2, 0.25) is 0 Å². The van der Waals surface area contributed by atoms with Crippen molar-refractivity contribution in [2.75, 3.05) is 5.43 Å². The van der Waals surface area contributed by atoms with Crippen LogP contribution in [0.2, 0.25) is 5.02 Å². The zero-order valence-corrected chi connectivity index (χ0v) is 15.3. The quantitative estimate of drug-likeness (QED) is 0.449. The predicted octanol–water partition coefficient (Wildman–Crippen LogP) is 4.58. The lowest BCUT2D eigenvalue weighted by Crippen LogP contribution is -2.30. The molecule has 0 aliphatic heterocycles. The van der Waals surface area contributed by atoms with E-state index < -0.39 is 10.8 Å². The molecule has 0 aromatic heterocycles. The summed E-state index contributed by atoms with van der Waals surface area (Å²) in [5, 5.41) is 11.6. The highest BCUT2D eigenvalue weighted by Gasteiger charge is 2.16. The summed E-state index contributed by atoms with van der Waals surface area (Å²) in [6, 6.07) is 20.0. The van der Waals surface area contributed by atoms with E-state index in [0.29, 0.717) is 10.8 Å². The average molecular weight is 398 g/mol. The maximum atomic E-state index is 12.5. The van der Waals surface area contributed by atoms with Gasteiger partial charge < -0.3 is 4.74 Å². The number of amides is 1. The largest absolute Gasteiger partial charge is 0.488 e. The number of halogens is 1. The molecule has 2 N–H and O–H groups in total. The van der Waals surface area contributed by atoms with Crippen LogP contribution in [0.5, 0.6) is 5.75 Å². The van der Waals surface area contributed by atoms with E-state index in [2.05, 4.69) is 10.9 Å². The molecule has 0 radical (unpaired) electrons. The van der Waals surface area contributed by atoms with Crippen LogP contribution in [0.4, 0.5) is 11.4 Å². The van der Waals surface area contributed by atoms with Crippen molar-refractivity contribution < 1.29 is 14.5 Å². The van der Waals surface area contributed by atoms with Gasteiger partial charge in [-0.1, -0.05) is 54.1 Å². The average Bonchev–Trinajstić information content (AvgIpc) is 2.72. The molecule has 3 aromatic carbocycles. The van der Waals surface area contributed by atoms with Gasteiger partial charge in [0.05, 0.1) is 10.5 Å². The van der Waals surface area contributed by atoms with Crippen molar-refractivity contribution in [3.63, 3.8) is 0 Å². The molecule has 0 saturated carbocycles. The van der Waals surface area contributed by atoms with Crippen molar-refractivity contribution in [2.45, 2.75) is 6.61 Å². The summed E-state index contributed by atoms with van der Waals surface area (Å²) in [5.74, 6) is -0.128. The molecular formula is C20H16ClN3O4. The molecule has 1 amide bonds. The van der Waals surface area contributed by atoms with Gasteiger partial charge in [0.1, 0.15) is 18.0 Å². The van der Waals surface area contributed by atoms with E-state index in [1.165, 1.54) is 12.1 Å². The zero-order chi connectivity index (χ0) is 19.9. The normalized spacial score (nSPS) is 10.2. The van der Waals surface area contributed by atoms with E-state index >= 15 is 0 Å². The van der Waals surface area contributed by atoms with Crippen LogP contribution in [-0.2, 0) is 6.61 Å². The lowest BCUT2D eigenvalue weighted by molar-refractivity contribution is -0.384. The van der Waals surface area contributed by atoms with E-state index in [4.69, 9.17) is 16.3 Å². The third-order valence-electron chi connectivity index (χ3n) is 3.88. The van der Waals surface area contributed by atoms with Crippen LogP contribution in [0.15, 0.2) is 72.8 Å². The maximum Gasteiger partial charge on any atom is 0.294 e. The molecule has 7 nitrogen and oxygen atoms in total. The van der Waals surface area contributed by atoms with Gasteiger partial charge in [0.15, 0.2) is 0 Å². The van der Waals surface area contributed by atoms with Gasteiger partial charge in [-0.25, -0.2) is 0 Å². The van der Waals surface area contributed by atoms with Crippen molar-refractivity contribution >= 4 is 28.9 Å². The fourth-order valence-corrected chi connectivity index (χ4v) is 2.67. The second kappa shape index (κ2) is 8.88.